The molecular formula is C33H22N3O+. The minimum Gasteiger partial charge on any atom is -0.334 e. The molecule has 0 aromatic carbocycles. The third-order valence-corrected chi connectivity index (χ3v) is 4.92. The van der Waals surface area contributed by atoms with E-state index in [1.807, 2.05) is 14.0 Å². The van der Waals surface area contributed by atoms with Gasteiger partial charge in [-0.2, -0.15) is 4.48 Å². The largest absolute Gasteiger partial charge is 0.334 e. The number of amides is 1. The Morgan fingerprint density at radius 1 is 0.730 bits per heavy atom. The summed E-state index contributed by atoms with van der Waals surface area (Å²) in [7, 11) is 3.72. The smallest absolute Gasteiger partial charge is 0.231 e. The average molecular weight is 477 g/mol. The van der Waals surface area contributed by atoms with Gasteiger partial charge in [0.1, 0.15) is 18.6 Å². The Balaban J connectivity index is 2.67. The van der Waals surface area contributed by atoms with Crippen LogP contribution in [0.5, 0.6) is 0 Å². The molecule has 1 rings (SSSR count). The number of hydrogen-bond donors (Lipinski definition) is 0. The standard InChI is InChI=1S/C33H22N3O/c1-7-8-9-10-11-12-13-14-15-16-17-18-19-20-21-22-23-24-25-26-27-28-36(6)31(3)30(2)34-33(36)29-35(5)32(4)37/h30-31H,29H2,1-6H3/q+1. The Hall–Kier alpha value is -5.74. The minimum atomic E-state index is -0.0241. The van der Waals surface area contributed by atoms with Crippen molar-refractivity contribution in [2.24, 2.45) is 4.99 Å². The number of nitrogens with zero attached hydrogens (tertiary/aromatic N) is 3. The van der Waals surface area contributed by atoms with E-state index in [2.05, 4.69) is 137 Å². The monoisotopic (exact) mass is 476 g/mol. The lowest BCUT2D eigenvalue weighted by Crippen LogP contribution is -2.53. The number of carbonyl (C=O) groups excluding carboxylic acids is 1. The van der Waals surface area contributed by atoms with E-state index in [1.54, 1.807) is 18.9 Å². The highest BCUT2D eigenvalue weighted by atomic mass is 16.2. The van der Waals surface area contributed by atoms with Gasteiger partial charge in [-0.3, -0.25) is 4.79 Å². The second kappa shape index (κ2) is 16.8. The fraction of sp³-hybridized carbons (Fsp3) is 0.273. The van der Waals surface area contributed by atoms with Crippen LogP contribution in [0.1, 0.15) is 27.7 Å². The average Bonchev–Trinajstić information content (AvgIpc) is 3.08. The summed E-state index contributed by atoms with van der Waals surface area (Å²) in [6.07, 6.45) is 0. The van der Waals surface area contributed by atoms with Crippen molar-refractivity contribution in [3.63, 3.8) is 0 Å². The van der Waals surface area contributed by atoms with Gasteiger partial charge in [0.25, 0.3) is 0 Å². The van der Waals surface area contributed by atoms with Gasteiger partial charge in [0.2, 0.25) is 11.7 Å². The molecule has 4 heteroatoms. The van der Waals surface area contributed by atoms with Crippen molar-refractivity contribution in [3.05, 3.63) is 0 Å². The van der Waals surface area contributed by atoms with E-state index >= 15 is 0 Å². The minimum absolute atomic E-state index is 0.0241. The van der Waals surface area contributed by atoms with Gasteiger partial charge in [0, 0.05) is 79.1 Å². The molecular weight excluding hydrogens is 454 g/mol. The SMILES string of the molecule is CC#CC#CC#CC#CC#CC#CC#CC#CC#CC#CC#C[N+]1(C)C(CN(C)C(C)=O)=NC(C)C1C. The van der Waals surface area contributed by atoms with E-state index in [0.29, 0.717) is 11.0 Å². The van der Waals surface area contributed by atoms with Crippen molar-refractivity contribution in [1.82, 2.24) is 4.90 Å². The zero-order chi connectivity index (χ0) is 27.4. The van der Waals surface area contributed by atoms with Crippen molar-refractivity contribution in [2.45, 2.75) is 39.8 Å². The maximum atomic E-state index is 11.6. The molecule has 0 aromatic heterocycles. The highest BCUT2D eigenvalue weighted by Gasteiger charge is 2.44. The molecule has 37 heavy (non-hydrogen) atoms. The van der Waals surface area contributed by atoms with Gasteiger partial charge in [-0.15, -0.1) is 0 Å². The van der Waals surface area contributed by atoms with E-state index in [9.17, 15) is 4.79 Å². The molecule has 0 bridgehead atoms. The number of amidine groups is 1. The van der Waals surface area contributed by atoms with Crippen LogP contribution in [0.2, 0.25) is 0 Å². The van der Waals surface area contributed by atoms with Crippen molar-refractivity contribution >= 4 is 11.7 Å². The summed E-state index contributed by atoms with van der Waals surface area (Å²) in [5.41, 5.74) is 0. The third kappa shape index (κ3) is 11.3. The van der Waals surface area contributed by atoms with E-state index in [0.717, 1.165) is 5.84 Å². The van der Waals surface area contributed by atoms with Gasteiger partial charge in [0.05, 0.1) is 13.0 Å². The molecule has 1 amide bonds. The number of likely N-dealkylation sites (N-methyl/N-ethyl adjacent to an activating group) is 2. The molecule has 174 valence electrons. The van der Waals surface area contributed by atoms with E-state index < -0.39 is 0 Å². The Bertz CT molecular complexity index is 1660. The van der Waals surface area contributed by atoms with Gasteiger partial charge in [-0.05, 0) is 68.1 Å². The second-order valence-electron chi connectivity index (χ2n) is 7.34. The molecule has 1 aliphatic heterocycles. The Kier molecular flexibility index (Phi) is 13.3. The van der Waals surface area contributed by atoms with Crippen molar-refractivity contribution in [2.75, 3.05) is 20.6 Å². The quantitative estimate of drug-likeness (QED) is 0.434. The van der Waals surface area contributed by atoms with Crippen LogP contribution in [0.15, 0.2) is 4.99 Å². The summed E-state index contributed by atoms with van der Waals surface area (Å²) >= 11 is 0. The summed E-state index contributed by atoms with van der Waals surface area (Å²) in [6.45, 7) is 7.76. The molecule has 0 N–H and O–H groups in total. The Morgan fingerprint density at radius 3 is 1.43 bits per heavy atom. The Labute approximate surface area is 221 Å². The van der Waals surface area contributed by atoms with Crippen LogP contribution in [0.25, 0.3) is 0 Å². The fourth-order valence-corrected chi connectivity index (χ4v) is 2.58. The first-order chi connectivity index (χ1) is 17.8. The predicted octanol–water partition coefficient (Wildman–Crippen LogP) is 1.12. The van der Waals surface area contributed by atoms with Crippen LogP contribution < -0.4 is 0 Å². The van der Waals surface area contributed by atoms with Gasteiger partial charge >= 0.3 is 0 Å². The van der Waals surface area contributed by atoms with Crippen LogP contribution in [-0.4, -0.2) is 53.8 Å². The summed E-state index contributed by atoms with van der Waals surface area (Å²) in [5, 5.41) is 0. The van der Waals surface area contributed by atoms with Crippen LogP contribution in [-0.2, 0) is 4.79 Å². The van der Waals surface area contributed by atoms with Crippen LogP contribution in [0.3, 0.4) is 0 Å². The molecule has 0 aliphatic carbocycles. The first-order valence-corrected chi connectivity index (χ1v) is 10.9. The predicted molar refractivity (Wildman–Crippen MR) is 147 cm³/mol. The second-order valence-corrected chi connectivity index (χ2v) is 7.34. The van der Waals surface area contributed by atoms with E-state index in [1.165, 1.54) is 6.92 Å². The molecule has 0 fully saturated rings. The zero-order valence-corrected chi connectivity index (χ0v) is 21.6. The lowest BCUT2D eigenvalue weighted by atomic mass is 10.1. The molecule has 0 saturated carbocycles. The molecule has 3 unspecified atom stereocenters. The maximum absolute atomic E-state index is 11.6. The lowest BCUT2D eigenvalue weighted by Gasteiger charge is -2.29. The van der Waals surface area contributed by atoms with E-state index in [-0.39, 0.29) is 18.0 Å². The number of quaternary nitrogens is 1. The lowest BCUT2D eigenvalue weighted by molar-refractivity contribution is -0.771. The summed E-state index contributed by atoms with van der Waals surface area (Å²) < 4.78 is 0.312. The normalized spacial score (nSPS) is 16.6. The van der Waals surface area contributed by atoms with Crippen molar-refractivity contribution < 1.29 is 9.28 Å². The number of hydrogen-bond acceptors (Lipinski definition) is 2. The molecule has 0 spiro atoms. The molecule has 3 atom stereocenters. The maximum Gasteiger partial charge on any atom is 0.231 e. The highest BCUT2D eigenvalue weighted by Crippen LogP contribution is 2.24. The summed E-state index contributed by atoms with van der Waals surface area (Å²) in [4.78, 5) is 17.9. The Morgan fingerprint density at radius 2 is 1.08 bits per heavy atom. The molecule has 1 heterocycles. The van der Waals surface area contributed by atoms with Gasteiger partial charge in [-0.1, -0.05) is 5.92 Å². The number of aliphatic imine (C=N–C) groups is 1. The first kappa shape index (κ1) is 29.3. The molecule has 0 aromatic rings. The van der Waals surface area contributed by atoms with Crippen molar-refractivity contribution in [1.29, 1.82) is 0 Å². The first-order valence-electron chi connectivity index (χ1n) is 10.9. The van der Waals surface area contributed by atoms with Gasteiger partial charge in [-0.25, -0.2) is 4.99 Å². The number of carbonyl (C=O) groups is 1. The fourth-order valence-electron chi connectivity index (χ4n) is 2.58. The number of rotatable bonds is 2. The molecule has 0 saturated heterocycles. The van der Waals surface area contributed by atoms with E-state index in [4.69, 9.17) is 4.99 Å². The zero-order valence-electron chi connectivity index (χ0n) is 21.6. The highest BCUT2D eigenvalue weighted by molar-refractivity contribution is 5.85. The molecule has 0 radical (unpaired) electrons. The third-order valence-electron chi connectivity index (χ3n) is 4.92. The van der Waals surface area contributed by atoms with Gasteiger partial charge < -0.3 is 4.90 Å². The molecule has 1 aliphatic rings. The van der Waals surface area contributed by atoms with Crippen LogP contribution in [0, 0.1) is 130 Å². The van der Waals surface area contributed by atoms with Crippen LogP contribution in [0.4, 0.5) is 0 Å². The topological polar surface area (TPSA) is 32.7 Å². The van der Waals surface area contributed by atoms with Gasteiger partial charge in [0.15, 0.2) is 6.04 Å². The summed E-state index contributed by atoms with van der Waals surface area (Å²) in [5.74, 6) is 54.9. The van der Waals surface area contributed by atoms with Crippen LogP contribution >= 0.6 is 0 Å². The van der Waals surface area contributed by atoms with Crippen molar-refractivity contribution in [3.8, 4) is 130 Å². The molecule has 4 nitrogen and oxygen atoms in total. The summed E-state index contributed by atoms with van der Waals surface area (Å²) in [6, 6.07) is 3.40.